The Hall–Kier alpha value is -6.16. The Labute approximate surface area is 280 Å². The number of carbonyl (C=O) groups excluding carboxylic acids is 1. The van der Waals surface area contributed by atoms with Crippen LogP contribution in [0.2, 0.25) is 0 Å². The topological polar surface area (TPSA) is 178 Å². The van der Waals surface area contributed by atoms with Crippen molar-refractivity contribution in [3.8, 4) is 45.0 Å². The molecule has 1 amide bonds. The van der Waals surface area contributed by atoms with Crippen LogP contribution in [0.4, 0.5) is 20.4 Å². The molecule has 0 aliphatic carbocycles. The highest BCUT2D eigenvalue weighted by Crippen LogP contribution is 2.32. The molecular formula is C33H28F2N10O3S. The van der Waals surface area contributed by atoms with Crippen LogP contribution in [0.25, 0.3) is 45.0 Å². The van der Waals surface area contributed by atoms with Gasteiger partial charge < -0.3 is 5.32 Å². The third kappa shape index (κ3) is 8.81. The molecular weight excluding hydrogens is 654 g/mol. The van der Waals surface area contributed by atoms with Crippen molar-refractivity contribution in [2.45, 2.75) is 13.8 Å². The first-order valence-corrected chi connectivity index (χ1v) is 16.4. The Balaban J connectivity index is 0.000000191. The van der Waals surface area contributed by atoms with Gasteiger partial charge in [0.1, 0.15) is 11.4 Å². The first-order chi connectivity index (χ1) is 23.5. The van der Waals surface area contributed by atoms with E-state index in [4.69, 9.17) is 0 Å². The van der Waals surface area contributed by atoms with Crippen LogP contribution in [0.5, 0.6) is 0 Å². The van der Waals surface area contributed by atoms with Crippen molar-refractivity contribution in [2.24, 2.45) is 5.92 Å². The van der Waals surface area contributed by atoms with Crippen molar-refractivity contribution < 1.29 is 22.0 Å². The highest BCUT2D eigenvalue weighted by Gasteiger charge is 2.18. The molecule has 0 atom stereocenters. The van der Waals surface area contributed by atoms with Gasteiger partial charge >= 0.3 is 0 Å². The zero-order valence-corrected chi connectivity index (χ0v) is 27.1. The number of anilines is 2. The van der Waals surface area contributed by atoms with Gasteiger partial charge in [0.15, 0.2) is 23.3 Å². The van der Waals surface area contributed by atoms with Gasteiger partial charge in [0.05, 0.1) is 42.4 Å². The SMILES string of the molecule is CC(C)C(=O)Nc1cnc(-c2ccncc2F)c(-c2cccnc2)n1.CS(=O)(=O)Nc1cnc(-c2ccncc2F)c(-c2cccnc2)n1. The number of pyridine rings is 4. The van der Waals surface area contributed by atoms with E-state index < -0.39 is 21.7 Å². The smallest absolute Gasteiger partial charge is 0.231 e. The first-order valence-electron chi connectivity index (χ1n) is 14.5. The number of halogens is 2. The summed E-state index contributed by atoms with van der Waals surface area (Å²) in [6, 6.07) is 9.98. The van der Waals surface area contributed by atoms with Gasteiger partial charge in [-0.15, -0.1) is 0 Å². The average Bonchev–Trinajstić information content (AvgIpc) is 3.09. The number of hydrogen-bond donors (Lipinski definition) is 2. The Morgan fingerprint density at radius 3 is 1.55 bits per heavy atom. The van der Waals surface area contributed by atoms with Crippen molar-refractivity contribution in [2.75, 3.05) is 16.3 Å². The lowest BCUT2D eigenvalue weighted by Gasteiger charge is -2.12. The normalized spacial score (nSPS) is 11.0. The third-order valence-electron chi connectivity index (χ3n) is 6.54. The number of carbonyl (C=O) groups is 1. The van der Waals surface area contributed by atoms with E-state index in [1.165, 1.54) is 43.1 Å². The Morgan fingerprint density at radius 2 is 1.12 bits per heavy atom. The molecule has 248 valence electrons. The predicted molar refractivity (Wildman–Crippen MR) is 179 cm³/mol. The van der Waals surface area contributed by atoms with Gasteiger partial charge in [-0.1, -0.05) is 13.8 Å². The van der Waals surface area contributed by atoms with E-state index in [0.717, 1.165) is 18.6 Å². The second-order valence-corrected chi connectivity index (χ2v) is 12.4. The van der Waals surface area contributed by atoms with E-state index in [1.807, 2.05) is 0 Å². The van der Waals surface area contributed by atoms with Crippen molar-refractivity contribution >= 4 is 27.6 Å². The third-order valence-corrected chi connectivity index (χ3v) is 7.12. The van der Waals surface area contributed by atoms with Crippen molar-refractivity contribution in [3.05, 3.63) is 110 Å². The molecule has 0 saturated heterocycles. The maximum Gasteiger partial charge on any atom is 0.231 e. The summed E-state index contributed by atoms with van der Waals surface area (Å²) in [7, 11) is -3.51. The maximum atomic E-state index is 14.2. The van der Waals surface area contributed by atoms with Crippen LogP contribution >= 0.6 is 0 Å². The summed E-state index contributed by atoms with van der Waals surface area (Å²) in [4.78, 5) is 44.7. The van der Waals surface area contributed by atoms with Crippen molar-refractivity contribution in [3.63, 3.8) is 0 Å². The number of nitrogens with zero attached hydrogens (tertiary/aromatic N) is 8. The molecule has 6 aromatic heterocycles. The van der Waals surface area contributed by atoms with Crippen LogP contribution in [-0.4, -0.2) is 60.5 Å². The van der Waals surface area contributed by atoms with E-state index in [0.29, 0.717) is 34.0 Å². The summed E-state index contributed by atoms with van der Waals surface area (Å²) in [6.07, 6.45) is 15.1. The molecule has 13 nitrogen and oxygen atoms in total. The van der Waals surface area contributed by atoms with Gasteiger partial charge in [-0.05, 0) is 36.4 Å². The molecule has 6 rings (SSSR count). The lowest BCUT2D eigenvalue weighted by Crippen LogP contribution is -2.19. The van der Waals surface area contributed by atoms with Crippen LogP contribution in [0, 0.1) is 17.6 Å². The van der Waals surface area contributed by atoms with Crippen molar-refractivity contribution in [1.29, 1.82) is 0 Å². The van der Waals surface area contributed by atoms with E-state index in [2.05, 4.69) is 49.9 Å². The molecule has 0 aliphatic heterocycles. The largest absolute Gasteiger partial charge is 0.309 e. The van der Waals surface area contributed by atoms with Gasteiger partial charge in [-0.25, -0.2) is 37.1 Å². The predicted octanol–water partition coefficient (Wildman–Crippen LogP) is 5.45. The van der Waals surface area contributed by atoms with Gasteiger partial charge in [0, 0.05) is 65.4 Å². The molecule has 0 saturated carbocycles. The molecule has 0 radical (unpaired) electrons. The Morgan fingerprint density at radius 1 is 0.653 bits per heavy atom. The summed E-state index contributed by atoms with van der Waals surface area (Å²) >= 11 is 0. The van der Waals surface area contributed by atoms with E-state index >= 15 is 0 Å². The highest BCUT2D eigenvalue weighted by molar-refractivity contribution is 7.92. The number of sulfonamides is 1. The lowest BCUT2D eigenvalue weighted by atomic mass is 10.1. The van der Waals surface area contributed by atoms with E-state index in [9.17, 15) is 22.0 Å². The van der Waals surface area contributed by atoms with Gasteiger partial charge in [-0.3, -0.25) is 29.5 Å². The summed E-state index contributed by atoms with van der Waals surface area (Å²) < 4.78 is 53.3. The highest BCUT2D eigenvalue weighted by atomic mass is 32.2. The fourth-order valence-corrected chi connectivity index (χ4v) is 4.76. The monoisotopic (exact) mass is 682 g/mol. The quantitative estimate of drug-likeness (QED) is 0.209. The van der Waals surface area contributed by atoms with Crippen LogP contribution < -0.4 is 10.0 Å². The Bertz CT molecular complexity index is 2190. The summed E-state index contributed by atoms with van der Waals surface area (Å²) in [5, 5.41) is 2.71. The number of hydrogen-bond acceptors (Lipinski definition) is 11. The minimum Gasteiger partial charge on any atom is -0.309 e. The second-order valence-electron chi connectivity index (χ2n) is 10.6. The van der Waals surface area contributed by atoms with Crippen molar-refractivity contribution in [1.82, 2.24) is 39.9 Å². The van der Waals surface area contributed by atoms with Gasteiger partial charge in [0.2, 0.25) is 15.9 Å². The average molecular weight is 683 g/mol. The molecule has 0 bridgehead atoms. The fraction of sp³-hybridized carbons (Fsp3) is 0.121. The number of aromatic nitrogens is 8. The fourth-order valence-electron chi connectivity index (χ4n) is 4.29. The second kappa shape index (κ2) is 15.2. The number of rotatable bonds is 8. The molecule has 0 spiro atoms. The summed E-state index contributed by atoms with van der Waals surface area (Å²) in [5.74, 6) is -1.08. The molecule has 0 aromatic carbocycles. The minimum atomic E-state index is -3.51. The Kier molecular flexibility index (Phi) is 10.6. The molecule has 0 fully saturated rings. The molecule has 0 aliphatic rings. The number of amides is 1. The van der Waals surface area contributed by atoms with Crippen LogP contribution in [0.1, 0.15) is 13.8 Å². The molecule has 49 heavy (non-hydrogen) atoms. The summed E-state index contributed by atoms with van der Waals surface area (Å²) in [6.45, 7) is 3.57. The number of nitrogens with one attached hydrogen (secondary N) is 2. The maximum absolute atomic E-state index is 14.2. The van der Waals surface area contributed by atoms with E-state index in [1.54, 1.807) is 56.7 Å². The van der Waals surface area contributed by atoms with Crippen LogP contribution in [0.3, 0.4) is 0 Å². The van der Waals surface area contributed by atoms with Crippen LogP contribution in [0.15, 0.2) is 98.4 Å². The molecule has 2 N–H and O–H groups in total. The minimum absolute atomic E-state index is 0.0366. The van der Waals surface area contributed by atoms with Crippen LogP contribution in [-0.2, 0) is 14.8 Å². The molecule has 6 heterocycles. The van der Waals surface area contributed by atoms with Gasteiger partial charge in [-0.2, -0.15) is 0 Å². The lowest BCUT2D eigenvalue weighted by molar-refractivity contribution is -0.118. The summed E-state index contributed by atoms with van der Waals surface area (Å²) in [5.41, 5.74) is 3.10. The zero-order chi connectivity index (χ0) is 35.0. The molecule has 0 unspecified atom stereocenters. The standard InChI is InChI=1S/C18H16FN5O.C15H12FN5O2S/c1-11(2)18(25)24-15-10-22-17(13-5-7-21-9-14(13)19)16(23-15)12-4-3-6-20-8-12;1-24(22,23)21-13-9-19-15(11-4-6-18-8-12(11)16)14(20-13)10-3-2-5-17-7-10/h3-11H,1-2H3,(H,23,24,25);2-9H,1H3,(H,20,21). The van der Waals surface area contributed by atoms with Gasteiger partial charge in [0.25, 0.3) is 0 Å². The van der Waals surface area contributed by atoms with E-state index in [-0.39, 0.29) is 34.5 Å². The molecule has 6 aromatic rings. The first kappa shape index (κ1) is 34.2. The molecule has 16 heteroatoms. The zero-order valence-electron chi connectivity index (χ0n) is 26.3.